The third kappa shape index (κ3) is 4.79. The molecule has 7 heteroatoms. The maximum absolute atomic E-state index is 12.2. The van der Waals surface area contributed by atoms with Crippen molar-refractivity contribution in [2.75, 3.05) is 10.6 Å². The van der Waals surface area contributed by atoms with Gasteiger partial charge in [0, 0.05) is 18.4 Å². The van der Waals surface area contributed by atoms with E-state index < -0.39 is 5.97 Å². The van der Waals surface area contributed by atoms with Gasteiger partial charge in [0.25, 0.3) is 0 Å². The number of benzene rings is 1. The summed E-state index contributed by atoms with van der Waals surface area (Å²) in [7, 11) is 0. The van der Waals surface area contributed by atoms with E-state index in [9.17, 15) is 4.79 Å². The van der Waals surface area contributed by atoms with Crippen molar-refractivity contribution in [1.29, 1.82) is 0 Å². The number of anilines is 2. The molecule has 1 aromatic carbocycles. The molecule has 2 rings (SSSR count). The first-order valence-corrected chi connectivity index (χ1v) is 8.65. The molecule has 0 aliphatic rings. The highest BCUT2D eigenvalue weighted by Gasteiger charge is 2.20. The molecule has 0 amide bonds. The minimum atomic E-state index is -0.473. The number of carbonyl (C=O) groups is 1. The molecule has 0 radical (unpaired) electrons. The second kappa shape index (κ2) is 8.11. The molecule has 6 nitrogen and oxygen atoms in total. The zero-order valence-corrected chi connectivity index (χ0v) is 16.0. The topological polar surface area (TPSA) is 68.2 Å². The summed E-state index contributed by atoms with van der Waals surface area (Å²) >= 11 is 5.39. The van der Waals surface area contributed by atoms with Crippen molar-refractivity contribution in [3.8, 4) is 0 Å². The van der Waals surface area contributed by atoms with Gasteiger partial charge in [-0.25, -0.2) is 4.79 Å². The summed E-state index contributed by atoms with van der Waals surface area (Å²) in [4.78, 5) is 12.2. The number of aryl methyl sites for hydroxylation is 2. The summed E-state index contributed by atoms with van der Waals surface area (Å²) < 4.78 is 6.92. The van der Waals surface area contributed by atoms with Crippen molar-refractivity contribution in [2.45, 2.75) is 47.3 Å². The van der Waals surface area contributed by atoms with Gasteiger partial charge in [-0.2, -0.15) is 5.10 Å². The molecule has 0 bridgehead atoms. The lowest BCUT2D eigenvalue weighted by Gasteiger charge is -2.13. The molecule has 25 heavy (non-hydrogen) atoms. The van der Waals surface area contributed by atoms with Crippen LogP contribution in [0.3, 0.4) is 0 Å². The third-order valence-electron chi connectivity index (χ3n) is 3.72. The molecule has 0 saturated carbocycles. The minimum absolute atomic E-state index is 0.216. The molecule has 0 aliphatic heterocycles. The van der Waals surface area contributed by atoms with Crippen molar-refractivity contribution in [3.05, 3.63) is 41.2 Å². The molecule has 1 aromatic heterocycles. The summed E-state index contributed by atoms with van der Waals surface area (Å²) in [5.41, 5.74) is 3.96. The van der Waals surface area contributed by atoms with E-state index >= 15 is 0 Å². The van der Waals surface area contributed by atoms with Gasteiger partial charge < -0.3 is 15.4 Å². The number of nitrogens with one attached hydrogen (secondary N) is 2. The van der Waals surface area contributed by atoms with E-state index in [0.717, 1.165) is 11.3 Å². The van der Waals surface area contributed by atoms with Gasteiger partial charge in [-0.15, -0.1) is 0 Å². The van der Waals surface area contributed by atoms with E-state index in [1.807, 2.05) is 39.0 Å². The molecule has 0 aliphatic carbocycles. The molecule has 2 aromatic rings. The Balaban J connectivity index is 2.18. The summed E-state index contributed by atoms with van der Waals surface area (Å²) in [6.07, 6.45) is 1.53. The maximum atomic E-state index is 12.2. The van der Waals surface area contributed by atoms with E-state index in [2.05, 4.69) is 15.7 Å². The number of aromatic nitrogens is 2. The number of rotatable bonds is 5. The Kier molecular flexibility index (Phi) is 6.14. The Hall–Kier alpha value is -2.41. The monoisotopic (exact) mass is 360 g/mol. The van der Waals surface area contributed by atoms with Crippen LogP contribution in [0.15, 0.2) is 24.4 Å². The quantitative estimate of drug-likeness (QED) is 0.623. The number of carbonyl (C=O) groups excluding carboxylic acids is 1. The van der Waals surface area contributed by atoms with E-state index in [1.165, 1.54) is 5.56 Å². The van der Waals surface area contributed by atoms with Gasteiger partial charge in [-0.3, -0.25) is 4.68 Å². The fourth-order valence-electron chi connectivity index (χ4n) is 2.26. The smallest absolute Gasteiger partial charge is 0.361 e. The van der Waals surface area contributed by atoms with Crippen LogP contribution in [-0.4, -0.2) is 27.0 Å². The third-order valence-corrected chi connectivity index (χ3v) is 3.93. The highest BCUT2D eigenvalue weighted by molar-refractivity contribution is 7.80. The van der Waals surface area contributed by atoms with Gasteiger partial charge in [0.05, 0.1) is 11.8 Å². The van der Waals surface area contributed by atoms with E-state index in [4.69, 9.17) is 17.0 Å². The van der Waals surface area contributed by atoms with Crippen LogP contribution in [0.4, 0.5) is 11.4 Å². The average molecular weight is 360 g/mol. The highest BCUT2D eigenvalue weighted by atomic mass is 32.1. The van der Waals surface area contributed by atoms with Gasteiger partial charge in [0.15, 0.2) is 10.8 Å². The molecule has 134 valence electrons. The molecule has 0 atom stereocenters. The fraction of sp³-hybridized carbons (Fsp3) is 0.389. The van der Waals surface area contributed by atoms with E-state index in [1.54, 1.807) is 24.7 Å². The molecule has 0 spiro atoms. The molecule has 0 saturated heterocycles. The van der Waals surface area contributed by atoms with Gasteiger partial charge in [0.1, 0.15) is 0 Å². The number of ether oxygens (including phenoxy) is 1. The van der Waals surface area contributed by atoms with Crippen LogP contribution in [0, 0.1) is 13.8 Å². The largest absolute Gasteiger partial charge is 0.458 e. The van der Waals surface area contributed by atoms with E-state index in [0.29, 0.717) is 17.3 Å². The number of hydrogen-bond acceptors (Lipinski definition) is 4. The van der Waals surface area contributed by atoms with Crippen molar-refractivity contribution >= 4 is 34.7 Å². The minimum Gasteiger partial charge on any atom is -0.458 e. The maximum Gasteiger partial charge on any atom is 0.361 e. The Labute approximate surface area is 153 Å². The molecular formula is C18H24N4O2S. The molecule has 0 unspecified atom stereocenters. The summed E-state index contributed by atoms with van der Waals surface area (Å²) in [6, 6.07) is 5.97. The first-order chi connectivity index (χ1) is 11.8. The molecule has 0 fully saturated rings. The number of thiocarbonyl (C=S) groups is 1. The zero-order chi connectivity index (χ0) is 18.6. The van der Waals surface area contributed by atoms with Crippen molar-refractivity contribution in [2.24, 2.45) is 0 Å². The predicted octanol–water partition coefficient (Wildman–Crippen LogP) is 3.89. The van der Waals surface area contributed by atoms with Crippen molar-refractivity contribution in [3.63, 3.8) is 0 Å². The SMILES string of the molecule is CCn1cc(NC(=S)Nc2cccc(C)c2C)c(C(=O)OC(C)C)n1. The fourth-order valence-corrected chi connectivity index (χ4v) is 2.48. The Morgan fingerprint density at radius 1 is 1.28 bits per heavy atom. The predicted molar refractivity (Wildman–Crippen MR) is 104 cm³/mol. The first-order valence-electron chi connectivity index (χ1n) is 8.24. The molecule has 1 heterocycles. The van der Waals surface area contributed by atoms with Gasteiger partial charge in [0.2, 0.25) is 0 Å². The number of esters is 1. The van der Waals surface area contributed by atoms with Gasteiger partial charge in [-0.1, -0.05) is 12.1 Å². The Morgan fingerprint density at radius 2 is 1.96 bits per heavy atom. The zero-order valence-electron chi connectivity index (χ0n) is 15.2. The highest BCUT2D eigenvalue weighted by Crippen LogP contribution is 2.20. The Bertz CT molecular complexity index is 783. The standard InChI is InChI=1S/C18H24N4O2S/c1-6-22-10-15(16(21-22)17(23)24-11(2)3)20-18(25)19-14-9-7-8-12(4)13(14)5/h7-11H,6H2,1-5H3,(H2,19,20,25). The second-order valence-electron chi connectivity index (χ2n) is 6.03. The Morgan fingerprint density at radius 3 is 2.60 bits per heavy atom. The van der Waals surface area contributed by atoms with Crippen molar-refractivity contribution in [1.82, 2.24) is 9.78 Å². The lowest BCUT2D eigenvalue weighted by atomic mass is 10.1. The van der Waals surface area contributed by atoms with Gasteiger partial charge >= 0.3 is 5.97 Å². The first kappa shape index (κ1) is 18.9. The number of hydrogen-bond donors (Lipinski definition) is 2. The van der Waals surface area contributed by atoms with Crippen LogP contribution in [-0.2, 0) is 11.3 Å². The normalized spacial score (nSPS) is 10.6. The summed E-state index contributed by atoms with van der Waals surface area (Å²) in [6.45, 7) is 10.3. The van der Waals surface area contributed by atoms with Gasteiger partial charge in [-0.05, 0) is 64.0 Å². The molecular weight excluding hydrogens is 336 g/mol. The lowest BCUT2D eigenvalue weighted by Crippen LogP contribution is -2.21. The van der Waals surface area contributed by atoms with Crippen LogP contribution >= 0.6 is 12.2 Å². The summed E-state index contributed by atoms with van der Waals surface area (Å²) in [5, 5.41) is 10.9. The second-order valence-corrected chi connectivity index (χ2v) is 6.44. The summed E-state index contributed by atoms with van der Waals surface area (Å²) in [5.74, 6) is -0.473. The van der Waals surface area contributed by atoms with E-state index in [-0.39, 0.29) is 11.8 Å². The average Bonchev–Trinajstić information content (AvgIpc) is 2.94. The molecule has 2 N–H and O–H groups in total. The van der Waals surface area contributed by atoms with Crippen molar-refractivity contribution < 1.29 is 9.53 Å². The lowest BCUT2D eigenvalue weighted by molar-refractivity contribution is 0.0371. The van der Waals surface area contributed by atoms with Crippen LogP contribution in [0.2, 0.25) is 0 Å². The van der Waals surface area contributed by atoms with Crippen LogP contribution in [0.5, 0.6) is 0 Å². The van der Waals surface area contributed by atoms with Crippen LogP contribution in [0.25, 0.3) is 0 Å². The van der Waals surface area contributed by atoms with Crippen LogP contribution < -0.4 is 10.6 Å². The van der Waals surface area contributed by atoms with Crippen LogP contribution in [0.1, 0.15) is 42.4 Å². The number of nitrogens with zero attached hydrogens (tertiary/aromatic N) is 2.